The van der Waals surface area contributed by atoms with Crippen LogP contribution in [0.15, 0.2) is 6.07 Å². The fourth-order valence-corrected chi connectivity index (χ4v) is 5.14. The third-order valence-corrected chi connectivity index (χ3v) is 6.66. The highest BCUT2D eigenvalue weighted by molar-refractivity contribution is 6.27. The van der Waals surface area contributed by atoms with Crippen LogP contribution in [0.3, 0.4) is 0 Å². The highest BCUT2D eigenvalue weighted by atomic mass is 19.2. The number of hydrogen-bond donors (Lipinski definition) is 2. The number of aldehydes is 1. The van der Waals surface area contributed by atoms with Gasteiger partial charge in [0.15, 0.2) is 17.9 Å². The molecule has 2 bridgehead atoms. The summed E-state index contributed by atoms with van der Waals surface area (Å²) in [6.45, 7) is 1.98. The van der Waals surface area contributed by atoms with E-state index in [0.29, 0.717) is 62.1 Å². The summed E-state index contributed by atoms with van der Waals surface area (Å²) in [6.07, 6.45) is 2.33. The Labute approximate surface area is 166 Å². The molecule has 29 heavy (non-hydrogen) atoms. The molecule has 5 aliphatic heterocycles. The average Bonchev–Trinajstić information content (AvgIpc) is 3.07. The molecule has 7 nitrogen and oxygen atoms in total. The first kappa shape index (κ1) is 18.6. The largest absolute Gasteiger partial charge is 0.368 e. The van der Waals surface area contributed by atoms with Crippen LogP contribution < -0.4 is 15.5 Å². The molecule has 5 aliphatic rings. The second-order valence-electron chi connectivity index (χ2n) is 8.39. The summed E-state index contributed by atoms with van der Waals surface area (Å²) in [5.41, 5.74) is 0.975. The molecular weight excluding hydrogens is 382 g/mol. The smallest absolute Gasteiger partial charge is 0.257 e. The predicted molar refractivity (Wildman–Crippen MR) is 99.7 cm³/mol. The van der Waals surface area contributed by atoms with Crippen molar-refractivity contribution in [2.45, 2.75) is 50.0 Å². The van der Waals surface area contributed by atoms with E-state index in [2.05, 4.69) is 10.6 Å². The molecule has 6 rings (SSSR count). The van der Waals surface area contributed by atoms with Gasteiger partial charge < -0.3 is 20.4 Å². The number of Topliss-reactive ketones (excluding diaryl/α,β-unsaturated/α-hetero) is 1. The third kappa shape index (κ3) is 2.95. The summed E-state index contributed by atoms with van der Waals surface area (Å²) in [5, 5.41) is 6.41. The molecule has 1 amide bonds. The molecule has 2 N–H and O–H groups in total. The molecule has 4 fully saturated rings. The minimum absolute atomic E-state index is 0.168. The van der Waals surface area contributed by atoms with E-state index in [4.69, 9.17) is 0 Å². The van der Waals surface area contributed by atoms with Gasteiger partial charge in [-0.2, -0.15) is 0 Å². The maximum atomic E-state index is 14.6. The van der Waals surface area contributed by atoms with Crippen LogP contribution in [-0.2, 0) is 16.1 Å². The van der Waals surface area contributed by atoms with E-state index in [1.807, 2.05) is 4.90 Å². The number of piperazine rings is 1. The highest BCUT2D eigenvalue weighted by Crippen LogP contribution is 2.38. The van der Waals surface area contributed by atoms with Gasteiger partial charge in [0.25, 0.3) is 5.91 Å². The van der Waals surface area contributed by atoms with Crippen LogP contribution in [0.5, 0.6) is 0 Å². The molecule has 0 saturated carbocycles. The van der Waals surface area contributed by atoms with Crippen molar-refractivity contribution < 1.29 is 23.2 Å². The van der Waals surface area contributed by atoms with Gasteiger partial charge in [0, 0.05) is 61.6 Å². The SMILES string of the molecule is O=CC(=O)C1CCC(N2Cc3c(N4CC5CC(C4)N5)cc(F)c(F)c3C2=O)CN1. The summed E-state index contributed by atoms with van der Waals surface area (Å²) in [4.78, 5) is 38.8. The van der Waals surface area contributed by atoms with Crippen LogP contribution in [0.2, 0.25) is 0 Å². The fraction of sp³-hybridized carbons (Fsp3) is 0.550. The minimum atomic E-state index is -1.09. The number of amides is 1. The molecule has 0 aliphatic carbocycles. The Bertz CT molecular complexity index is 884. The summed E-state index contributed by atoms with van der Waals surface area (Å²) in [5.74, 6) is -3.11. The van der Waals surface area contributed by atoms with Crippen LogP contribution in [0.4, 0.5) is 14.5 Å². The Hall–Kier alpha value is -2.39. The maximum Gasteiger partial charge on any atom is 0.257 e. The van der Waals surface area contributed by atoms with Gasteiger partial charge in [0.05, 0.1) is 11.6 Å². The summed E-state index contributed by atoms with van der Waals surface area (Å²) >= 11 is 0. The maximum absolute atomic E-state index is 14.6. The van der Waals surface area contributed by atoms with Crippen molar-refractivity contribution in [1.29, 1.82) is 0 Å². The van der Waals surface area contributed by atoms with Crippen LogP contribution in [0.25, 0.3) is 0 Å². The Morgan fingerprint density at radius 2 is 1.93 bits per heavy atom. The van der Waals surface area contributed by atoms with Gasteiger partial charge in [0.1, 0.15) is 0 Å². The van der Waals surface area contributed by atoms with Crippen molar-refractivity contribution in [3.8, 4) is 0 Å². The number of piperidine rings is 2. The van der Waals surface area contributed by atoms with Crippen molar-refractivity contribution in [3.05, 3.63) is 28.8 Å². The quantitative estimate of drug-likeness (QED) is 0.557. The highest BCUT2D eigenvalue weighted by Gasteiger charge is 2.43. The number of anilines is 1. The van der Waals surface area contributed by atoms with E-state index in [9.17, 15) is 23.2 Å². The molecule has 5 heterocycles. The molecule has 0 aromatic heterocycles. The lowest BCUT2D eigenvalue weighted by atomic mass is 9.90. The van der Waals surface area contributed by atoms with Gasteiger partial charge in [-0.3, -0.25) is 14.4 Å². The lowest BCUT2D eigenvalue weighted by Crippen LogP contribution is -2.67. The normalized spacial score (nSPS) is 30.8. The van der Waals surface area contributed by atoms with Crippen molar-refractivity contribution in [2.24, 2.45) is 0 Å². The number of halogens is 2. The lowest BCUT2D eigenvalue weighted by molar-refractivity contribution is -0.131. The zero-order valence-corrected chi connectivity index (χ0v) is 15.8. The van der Waals surface area contributed by atoms with Crippen LogP contribution >= 0.6 is 0 Å². The molecule has 1 aromatic rings. The van der Waals surface area contributed by atoms with Crippen molar-refractivity contribution in [2.75, 3.05) is 24.5 Å². The van der Waals surface area contributed by atoms with Gasteiger partial charge in [-0.25, -0.2) is 8.78 Å². The van der Waals surface area contributed by atoms with Crippen LogP contribution in [0, 0.1) is 11.6 Å². The van der Waals surface area contributed by atoms with Crippen molar-refractivity contribution in [3.63, 3.8) is 0 Å². The van der Waals surface area contributed by atoms with Gasteiger partial charge in [0.2, 0.25) is 5.78 Å². The number of rotatable bonds is 4. The lowest BCUT2D eigenvalue weighted by Gasteiger charge is -2.49. The van der Waals surface area contributed by atoms with Gasteiger partial charge in [-0.05, 0) is 19.3 Å². The Balaban J connectivity index is 1.40. The first-order valence-corrected chi connectivity index (χ1v) is 10.0. The fourth-order valence-electron chi connectivity index (χ4n) is 5.14. The molecule has 154 valence electrons. The van der Waals surface area contributed by atoms with Crippen molar-refractivity contribution >= 4 is 23.7 Å². The second kappa shape index (κ2) is 6.84. The zero-order valence-electron chi connectivity index (χ0n) is 15.8. The summed E-state index contributed by atoms with van der Waals surface area (Å²) in [6, 6.07) is 1.13. The predicted octanol–water partition coefficient (Wildman–Crippen LogP) is 0.360. The molecule has 4 atom stereocenters. The average molecular weight is 404 g/mol. The van der Waals surface area contributed by atoms with Gasteiger partial charge in [-0.1, -0.05) is 0 Å². The van der Waals surface area contributed by atoms with E-state index in [-0.39, 0.29) is 18.2 Å². The second-order valence-corrected chi connectivity index (χ2v) is 8.39. The molecule has 4 unspecified atom stereocenters. The Kier molecular flexibility index (Phi) is 4.40. The van der Waals surface area contributed by atoms with E-state index < -0.39 is 29.4 Å². The number of carbonyl (C=O) groups excluding carboxylic acids is 3. The molecular formula is C20H22F2N4O3. The number of nitrogens with one attached hydrogen (secondary N) is 2. The standard InChI is InChI=1S/C20H22F2N4O3/c21-14-4-16(25-6-10-3-11(7-25)24-10)13-8-26(20(29)18(13)19(14)22)12-1-2-15(23-5-12)17(28)9-27/h4,9-12,15,23-24H,1-3,5-8H2. The monoisotopic (exact) mass is 404 g/mol. The number of fused-ring (bicyclic) bond motifs is 3. The van der Waals surface area contributed by atoms with E-state index in [1.165, 1.54) is 6.07 Å². The van der Waals surface area contributed by atoms with Crippen LogP contribution in [-0.4, -0.2) is 66.7 Å². The van der Waals surface area contributed by atoms with Gasteiger partial charge >= 0.3 is 0 Å². The Morgan fingerprint density at radius 1 is 1.21 bits per heavy atom. The number of nitrogens with zero attached hydrogens (tertiary/aromatic N) is 2. The van der Waals surface area contributed by atoms with E-state index in [1.54, 1.807) is 4.90 Å². The van der Waals surface area contributed by atoms with Crippen LogP contribution in [0.1, 0.15) is 35.2 Å². The molecule has 4 saturated heterocycles. The molecule has 1 aromatic carbocycles. The Morgan fingerprint density at radius 3 is 2.55 bits per heavy atom. The van der Waals surface area contributed by atoms with Crippen molar-refractivity contribution in [1.82, 2.24) is 15.5 Å². The summed E-state index contributed by atoms with van der Waals surface area (Å²) < 4.78 is 28.9. The minimum Gasteiger partial charge on any atom is -0.368 e. The first-order valence-electron chi connectivity index (χ1n) is 10.0. The number of carbonyl (C=O) groups is 3. The van der Waals surface area contributed by atoms with E-state index >= 15 is 0 Å². The topological polar surface area (TPSA) is 81.8 Å². The molecule has 0 spiro atoms. The zero-order chi connectivity index (χ0) is 20.3. The third-order valence-electron chi connectivity index (χ3n) is 6.66. The summed E-state index contributed by atoms with van der Waals surface area (Å²) in [7, 11) is 0. The van der Waals surface area contributed by atoms with E-state index in [0.717, 1.165) is 6.42 Å². The number of ketones is 1. The number of hydrogen-bond acceptors (Lipinski definition) is 6. The van der Waals surface area contributed by atoms with Gasteiger partial charge in [-0.15, -0.1) is 0 Å². The molecule has 9 heteroatoms. The molecule has 0 radical (unpaired) electrons. The number of benzene rings is 1. The first-order chi connectivity index (χ1) is 14.0.